The van der Waals surface area contributed by atoms with E-state index in [1.54, 1.807) is 12.1 Å². The summed E-state index contributed by atoms with van der Waals surface area (Å²) in [6.07, 6.45) is 0. The summed E-state index contributed by atoms with van der Waals surface area (Å²) in [5.41, 5.74) is 3.50. The molecule has 168 valence electrons. The molecule has 0 aliphatic carbocycles. The molecule has 1 heterocycles. The minimum atomic E-state index is -0.307. The number of hydrogen-bond acceptors (Lipinski definition) is 5. The zero-order valence-corrected chi connectivity index (χ0v) is 19.9. The molecule has 8 heteroatoms. The smallest absolute Gasteiger partial charge is 0.251 e. The van der Waals surface area contributed by atoms with Crippen LogP contribution < -0.4 is 10.6 Å². The van der Waals surface area contributed by atoms with Gasteiger partial charge in [-0.05, 0) is 43.0 Å². The van der Waals surface area contributed by atoms with Gasteiger partial charge in [-0.25, -0.2) is 0 Å². The van der Waals surface area contributed by atoms with Crippen molar-refractivity contribution >= 4 is 29.3 Å². The second-order valence-corrected chi connectivity index (χ2v) is 9.01. The van der Waals surface area contributed by atoms with Gasteiger partial charge in [0.15, 0.2) is 11.0 Å². The molecule has 0 saturated carbocycles. The lowest BCUT2D eigenvalue weighted by Gasteiger charge is -2.21. The van der Waals surface area contributed by atoms with Crippen molar-refractivity contribution in [3.8, 4) is 0 Å². The molecule has 32 heavy (non-hydrogen) atoms. The molecule has 2 N–H and O–H groups in total. The topological polar surface area (TPSA) is 88.9 Å². The molecule has 7 nitrogen and oxygen atoms in total. The van der Waals surface area contributed by atoms with Crippen molar-refractivity contribution in [1.29, 1.82) is 0 Å². The first kappa shape index (κ1) is 23.5. The van der Waals surface area contributed by atoms with E-state index < -0.39 is 0 Å². The Kier molecular flexibility index (Phi) is 7.69. The maximum atomic E-state index is 12.7. The van der Waals surface area contributed by atoms with Crippen LogP contribution in [-0.4, -0.2) is 32.3 Å². The first-order valence-corrected chi connectivity index (χ1v) is 11.5. The average Bonchev–Trinajstić information content (AvgIpc) is 3.13. The van der Waals surface area contributed by atoms with E-state index in [-0.39, 0.29) is 29.5 Å². The predicted octanol–water partition coefficient (Wildman–Crippen LogP) is 4.29. The Bertz CT molecular complexity index is 1070. The second-order valence-electron chi connectivity index (χ2n) is 8.06. The van der Waals surface area contributed by atoms with Gasteiger partial charge in [-0.1, -0.05) is 62.0 Å². The van der Waals surface area contributed by atoms with Gasteiger partial charge in [0.1, 0.15) is 0 Å². The van der Waals surface area contributed by atoms with E-state index in [4.69, 9.17) is 0 Å². The third-order valence-corrected chi connectivity index (χ3v) is 6.23. The van der Waals surface area contributed by atoms with Gasteiger partial charge >= 0.3 is 0 Å². The molecule has 1 atom stereocenters. The zero-order chi connectivity index (χ0) is 23.3. The molecular weight excluding hydrogens is 422 g/mol. The van der Waals surface area contributed by atoms with Crippen molar-refractivity contribution in [3.63, 3.8) is 0 Å². The molecule has 0 spiro atoms. The molecule has 3 rings (SSSR count). The van der Waals surface area contributed by atoms with E-state index in [1.807, 2.05) is 75.7 Å². The fourth-order valence-electron chi connectivity index (χ4n) is 3.38. The summed E-state index contributed by atoms with van der Waals surface area (Å²) >= 11 is 1.32. The monoisotopic (exact) mass is 451 g/mol. The van der Waals surface area contributed by atoms with Crippen molar-refractivity contribution in [3.05, 3.63) is 71.0 Å². The number of thioether (sulfide) groups is 1. The summed E-state index contributed by atoms with van der Waals surface area (Å²) in [7, 11) is 1.85. The number of para-hydroxylation sites is 1. The summed E-state index contributed by atoms with van der Waals surface area (Å²) in [4.78, 5) is 25.2. The largest absolute Gasteiger partial charge is 0.342 e. The number of rotatable bonds is 8. The normalized spacial score (nSPS) is 11.9. The number of benzene rings is 2. The summed E-state index contributed by atoms with van der Waals surface area (Å²) in [6, 6.07) is 14.7. The Hall–Kier alpha value is -3.13. The summed E-state index contributed by atoms with van der Waals surface area (Å²) in [5, 5.41) is 15.2. The molecule has 0 saturated heterocycles. The molecule has 2 amide bonds. The average molecular weight is 452 g/mol. The molecule has 3 aromatic rings. The van der Waals surface area contributed by atoms with E-state index in [2.05, 4.69) is 20.8 Å². The fraction of sp³-hybridized carbons (Fsp3) is 0.333. The number of anilines is 1. The quantitative estimate of drug-likeness (QED) is 0.499. The lowest BCUT2D eigenvalue weighted by atomic mass is 10.0. The predicted molar refractivity (Wildman–Crippen MR) is 128 cm³/mol. The van der Waals surface area contributed by atoms with Crippen LogP contribution in [0.3, 0.4) is 0 Å². The number of aryl methyl sites for hydroxylation is 2. The maximum absolute atomic E-state index is 12.7. The van der Waals surface area contributed by atoms with Gasteiger partial charge < -0.3 is 15.2 Å². The Morgan fingerprint density at radius 1 is 1.00 bits per heavy atom. The van der Waals surface area contributed by atoms with Crippen molar-refractivity contribution in [2.75, 3.05) is 11.1 Å². The van der Waals surface area contributed by atoms with Crippen LogP contribution >= 0.6 is 11.8 Å². The van der Waals surface area contributed by atoms with E-state index in [9.17, 15) is 9.59 Å². The van der Waals surface area contributed by atoms with Gasteiger partial charge in [0, 0.05) is 18.3 Å². The molecule has 0 radical (unpaired) electrons. The summed E-state index contributed by atoms with van der Waals surface area (Å²) < 4.78 is 1.84. The highest BCUT2D eigenvalue weighted by molar-refractivity contribution is 7.99. The second kappa shape index (κ2) is 10.5. The van der Waals surface area contributed by atoms with Crippen LogP contribution in [0.2, 0.25) is 0 Å². The highest BCUT2D eigenvalue weighted by Crippen LogP contribution is 2.25. The molecule has 0 bridgehead atoms. The van der Waals surface area contributed by atoms with E-state index in [1.165, 1.54) is 11.8 Å². The molecule has 0 aliphatic rings. The van der Waals surface area contributed by atoms with Gasteiger partial charge in [-0.3, -0.25) is 9.59 Å². The first-order valence-electron chi connectivity index (χ1n) is 10.5. The van der Waals surface area contributed by atoms with Crippen LogP contribution in [0.4, 0.5) is 5.69 Å². The molecule has 0 aliphatic heterocycles. The number of nitrogens with one attached hydrogen (secondary N) is 2. The van der Waals surface area contributed by atoms with Gasteiger partial charge in [-0.15, -0.1) is 10.2 Å². The number of aromatic nitrogens is 3. The standard InChI is InChI=1S/C24H29N5O2S/c1-15(2)20(26-23(31)18-12-7-6-8-13-18)22-27-28-24(29(22)5)32-14-19(30)25-21-16(3)10-9-11-17(21)4/h6-13,15,20H,14H2,1-5H3,(H,25,30)(H,26,31)/t20-/m1/s1. The number of carbonyl (C=O) groups excluding carboxylic acids is 2. The molecule has 0 unspecified atom stereocenters. The lowest BCUT2D eigenvalue weighted by Crippen LogP contribution is -2.33. The molecule has 1 aromatic heterocycles. The SMILES string of the molecule is Cc1cccc(C)c1NC(=O)CSc1nnc([C@H](NC(=O)c2ccccc2)C(C)C)n1C. The Balaban J connectivity index is 1.67. The van der Waals surface area contributed by atoms with Crippen LogP contribution in [0.25, 0.3) is 0 Å². The van der Waals surface area contributed by atoms with Crippen molar-refractivity contribution in [2.45, 2.75) is 38.9 Å². The Morgan fingerprint density at radius 3 is 2.28 bits per heavy atom. The Morgan fingerprint density at radius 2 is 1.66 bits per heavy atom. The van der Waals surface area contributed by atoms with Crippen LogP contribution in [-0.2, 0) is 11.8 Å². The zero-order valence-electron chi connectivity index (χ0n) is 19.0. The van der Waals surface area contributed by atoms with E-state index in [0.717, 1.165) is 16.8 Å². The maximum Gasteiger partial charge on any atom is 0.251 e. The van der Waals surface area contributed by atoms with Crippen LogP contribution in [0, 0.1) is 19.8 Å². The van der Waals surface area contributed by atoms with Gasteiger partial charge in [-0.2, -0.15) is 0 Å². The van der Waals surface area contributed by atoms with Crippen molar-refractivity contribution in [2.24, 2.45) is 13.0 Å². The fourth-order valence-corrected chi connectivity index (χ4v) is 4.10. The minimum Gasteiger partial charge on any atom is -0.342 e. The van der Waals surface area contributed by atoms with Crippen LogP contribution in [0.5, 0.6) is 0 Å². The third-order valence-electron chi connectivity index (χ3n) is 5.21. The van der Waals surface area contributed by atoms with Crippen molar-refractivity contribution in [1.82, 2.24) is 20.1 Å². The molecule has 0 fully saturated rings. The third kappa shape index (κ3) is 5.56. The van der Waals surface area contributed by atoms with Gasteiger partial charge in [0.25, 0.3) is 5.91 Å². The number of nitrogens with zero attached hydrogens (tertiary/aromatic N) is 3. The number of carbonyl (C=O) groups is 2. The van der Waals surface area contributed by atoms with E-state index >= 15 is 0 Å². The summed E-state index contributed by atoms with van der Waals surface area (Å²) in [5.74, 6) is 0.713. The van der Waals surface area contributed by atoms with Gasteiger partial charge in [0.05, 0.1) is 11.8 Å². The number of hydrogen-bond donors (Lipinski definition) is 2. The van der Waals surface area contributed by atoms with Gasteiger partial charge in [0.2, 0.25) is 5.91 Å². The first-order chi connectivity index (χ1) is 15.3. The minimum absolute atomic E-state index is 0.102. The Labute approximate surface area is 193 Å². The lowest BCUT2D eigenvalue weighted by molar-refractivity contribution is -0.113. The van der Waals surface area contributed by atoms with Crippen LogP contribution in [0.1, 0.15) is 47.2 Å². The van der Waals surface area contributed by atoms with Crippen molar-refractivity contribution < 1.29 is 9.59 Å². The highest BCUT2D eigenvalue weighted by Gasteiger charge is 2.25. The molecular formula is C24H29N5O2S. The highest BCUT2D eigenvalue weighted by atomic mass is 32.2. The summed E-state index contributed by atoms with van der Waals surface area (Å²) in [6.45, 7) is 7.99. The molecule has 2 aromatic carbocycles. The van der Waals surface area contributed by atoms with E-state index in [0.29, 0.717) is 16.5 Å². The van der Waals surface area contributed by atoms with Crippen LogP contribution in [0.15, 0.2) is 53.7 Å². The number of amides is 2.